The standard InChI is InChI=1S/C12H14N4O2/c1-8-11(6-12(13)18)14-15-16(8)7-9-2-4-10(17)5-3-9/h2-5,17H,6-7H2,1H3,(H2,13,18). The molecule has 0 fully saturated rings. The van der Waals surface area contributed by atoms with Gasteiger partial charge in [-0.15, -0.1) is 5.10 Å². The monoisotopic (exact) mass is 246 g/mol. The summed E-state index contributed by atoms with van der Waals surface area (Å²) in [5.74, 6) is -0.196. The molecule has 0 radical (unpaired) electrons. The molecule has 1 aromatic carbocycles. The average Bonchev–Trinajstić information content (AvgIpc) is 2.64. The van der Waals surface area contributed by atoms with E-state index in [0.29, 0.717) is 12.2 Å². The quantitative estimate of drug-likeness (QED) is 0.814. The predicted molar refractivity (Wildman–Crippen MR) is 64.9 cm³/mol. The Balaban J connectivity index is 2.17. The van der Waals surface area contributed by atoms with Crippen molar-refractivity contribution in [2.24, 2.45) is 5.73 Å². The average molecular weight is 246 g/mol. The molecule has 6 nitrogen and oxygen atoms in total. The fraction of sp³-hybridized carbons (Fsp3) is 0.250. The molecule has 2 rings (SSSR count). The lowest BCUT2D eigenvalue weighted by Crippen LogP contribution is -2.14. The summed E-state index contributed by atoms with van der Waals surface area (Å²) in [6, 6.07) is 6.85. The van der Waals surface area contributed by atoms with E-state index in [1.165, 1.54) is 0 Å². The van der Waals surface area contributed by atoms with Crippen molar-refractivity contribution in [2.45, 2.75) is 19.9 Å². The van der Waals surface area contributed by atoms with Crippen LogP contribution in [0.2, 0.25) is 0 Å². The maximum atomic E-state index is 10.8. The van der Waals surface area contributed by atoms with Gasteiger partial charge in [-0.1, -0.05) is 17.3 Å². The third-order valence-corrected chi connectivity index (χ3v) is 2.69. The second kappa shape index (κ2) is 4.87. The summed E-state index contributed by atoms with van der Waals surface area (Å²) in [7, 11) is 0. The molecule has 0 atom stereocenters. The van der Waals surface area contributed by atoms with E-state index in [1.807, 2.05) is 19.1 Å². The maximum Gasteiger partial charge on any atom is 0.223 e. The lowest BCUT2D eigenvalue weighted by Gasteiger charge is -2.04. The zero-order chi connectivity index (χ0) is 13.1. The molecule has 3 N–H and O–H groups in total. The normalized spacial score (nSPS) is 10.5. The van der Waals surface area contributed by atoms with E-state index in [1.54, 1.807) is 16.8 Å². The van der Waals surface area contributed by atoms with Crippen molar-refractivity contribution in [3.63, 3.8) is 0 Å². The summed E-state index contributed by atoms with van der Waals surface area (Å²) >= 11 is 0. The van der Waals surface area contributed by atoms with Crippen LogP contribution in [-0.4, -0.2) is 26.0 Å². The molecule has 0 aliphatic rings. The Labute approximate surface area is 104 Å². The van der Waals surface area contributed by atoms with E-state index in [0.717, 1.165) is 11.3 Å². The third-order valence-electron chi connectivity index (χ3n) is 2.69. The Morgan fingerprint density at radius 2 is 2.06 bits per heavy atom. The van der Waals surface area contributed by atoms with Crippen LogP contribution in [0.3, 0.4) is 0 Å². The highest BCUT2D eigenvalue weighted by molar-refractivity contribution is 5.76. The van der Waals surface area contributed by atoms with Gasteiger partial charge in [0.15, 0.2) is 0 Å². The first-order valence-electron chi connectivity index (χ1n) is 5.51. The molecule has 1 aromatic heterocycles. The van der Waals surface area contributed by atoms with Gasteiger partial charge in [-0.05, 0) is 24.6 Å². The molecule has 0 aliphatic carbocycles. The van der Waals surface area contributed by atoms with Crippen LogP contribution in [0.4, 0.5) is 0 Å². The molecule has 0 bridgehead atoms. The third kappa shape index (κ3) is 2.65. The van der Waals surface area contributed by atoms with Crippen LogP contribution < -0.4 is 5.73 Å². The Bertz CT molecular complexity index is 560. The molecule has 1 heterocycles. The number of rotatable bonds is 4. The molecule has 0 spiro atoms. The molecular weight excluding hydrogens is 232 g/mol. The highest BCUT2D eigenvalue weighted by Gasteiger charge is 2.10. The zero-order valence-electron chi connectivity index (χ0n) is 10.00. The summed E-state index contributed by atoms with van der Waals surface area (Å²) in [5.41, 5.74) is 7.54. The molecule has 6 heteroatoms. The lowest BCUT2D eigenvalue weighted by atomic mass is 10.2. The summed E-state index contributed by atoms with van der Waals surface area (Å²) in [6.07, 6.45) is 0.0986. The number of phenols is 1. The minimum atomic E-state index is -0.421. The van der Waals surface area contributed by atoms with Crippen LogP contribution in [0, 0.1) is 6.92 Å². The Morgan fingerprint density at radius 3 is 2.67 bits per heavy atom. The topological polar surface area (TPSA) is 94.0 Å². The van der Waals surface area contributed by atoms with Crippen molar-refractivity contribution < 1.29 is 9.90 Å². The number of phenolic OH excluding ortho intramolecular Hbond substituents is 1. The van der Waals surface area contributed by atoms with Crippen LogP contribution in [-0.2, 0) is 17.8 Å². The first-order chi connectivity index (χ1) is 8.56. The van der Waals surface area contributed by atoms with Gasteiger partial charge in [0.05, 0.1) is 24.4 Å². The molecule has 0 saturated heterocycles. The van der Waals surface area contributed by atoms with Crippen LogP contribution >= 0.6 is 0 Å². The van der Waals surface area contributed by atoms with E-state index in [4.69, 9.17) is 5.73 Å². The molecule has 0 aliphatic heterocycles. The fourth-order valence-electron chi connectivity index (χ4n) is 1.65. The second-order valence-corrected chi connectivity index (χ2v) is 4.09. The van der Waals surface area contributed by atoms with Crippen molar-refractivity contribution in [3.8, 4) is 5.75 Å². The van der Waals surface area contributed by atoms with E-state index in [9.17, 15) is 9.90 Å². The van der Waals surface area contributed by atoms with Gasteiger partial charge >= 0.3 is 0 Å². The number of nitrogens with zero attached hydrogens (tertiary/aromatic N) is 3. The van der Waals surface area contributed by atoms with Gasteiger partial charge in [0.2, 0.25) is 5.91 Å². The van der Waals surface area contributed by atoms with Gasteiger partial charge in [-0.3, -0.25) is 4.79 Å². The number of carbonyl (C=O) groups is 1. The van der Waals surface area contributed by atoms with Gasteiger partial charge < -0.3 is 10.8 Å². The number of benzene rings is 1. The first kappa shape index (κ1) is 12.1. The number of nitrogens with two attached hydrogens (primary N) is 1. The van der Waals surface area contributed by atoms with Crippen molar-refractivity contribution in [2.75, 3.05) is 0 Å². The molecular formula is C12H14N4O2. The van der Waals surface area contributed by atoms with Crippen LogP contribution in [0.15, 0.2) is 24.3 Å². The lowest BCUT2D eigenvalue weighted by molar-refractivity contribution is -0.117. The summed E-state index contributed by atoms with van der Waals surface area (Å²) in [4.78, 5) is 10.8. The Morgan fingerprint density at radius 1 is 1.39 bits per heavy atom. The summed E-state index contributed by atoms with van der Waals surface area (Å²) in [6.45, 7) is 2.39. The van der Waals surface area contributed by atoms with Gasteiger partial charge in [0, 0.05) is 0 Å². The number of hydrogen-bond donors (Lipinski definition) is 2. The van der Waals surface area contributed by atoms with Gasteiger partial charge in [-0.2, -0.15) is 0 Å². The van der Waals surface area contributed by atoms with Crippen LogP contribution in [0.1, 0.15) is 17.0 Å². The smallest absolute Gasteiger partial charge is 0.223 e. The Kier molecular flexibility index (Phi) is 3.27. The summed E-state index contributed by atoms with van der Waals surface area (Å²) < 4.78 is 1.70. The van der Waals surface area contributed by atoms with E-state index in [2.05, 4.69) is 10.3 Å². The number of amides is 1. The van der Waals surface area contributed by atoms with Crippen molar-refractivity contribution in [1.82, 2.24) is 15.0 Å². The molecule has 94 valence electrons. The number of aromatic nitrogens is 3. The summed E-state index contributed by atoms with van der Waals surface area (Å²) in [5, 5.41) is 17.1. The number of carbonyl (C=O) groups excluding carboxylic acids is 1. The molecule has 18 heavy (non-hydrogen) atoms. The van der Waals surface area contributed by atoms with Crippen LogP contribution in [0.25, 0.3) is 0 Å². The fourth-order valence-corrected chi connectivity index (χ4v) is 1.65. The molecule has 0 unspecified atom stereocenters. The number of aromatic hydroxyl groups is 1. The van der Waals surface area contributed by atoms with E-state index >= 15 is 0 Å². The maximum absolute atomic E-state index is 10.8. The van der Waals surface area contributed by atoms with Gasteiger partial charge in [-0.25, -0.2) is 4.68 Å². The van der Waals surface area contributed by atoms with Crippen molar-refractivity contribution in [3.05, 3.63) is 41.2 Å². The van der Waals surface area contributed by atoms with Crippen molar-refractivity contribution >= 4 is 5.91 Å². The highest BCUT2D eigenvalue weighted by Crippen LogP contribution is 2.12. The number of hydrogen-bond acceptors (Lipinski definition) is 4. The van der Waals surface area contributed by atoms with E-state index < -0.39 is 5.91 Å². The van der Waals surface area contributed by atoms with Gasteiger partial charge in [0.1, 0.15) is 5.75 Å². The largest absolute Gasteiger partial charge is 0.508 e. The van der Waals surface area contributed by atoms with Gasteiger partial charge in [0.25, 0.3) is 0 Å². The second-order valence-electron chi connectivity index (χ2n) is 4.09. The van der Waals surface area contributed by atoms with Crippen LogP contribution in [0.5, 0.6) is 5.75 Å². The highest BCUT2D eigenvalue weighted by atomic mass is 16.3. The zero-order valence-corrected chi connectivity index (χ0v) is 10.00. The Hall–Kier alpha value is -2.37. The SMILES string of the molecule is Cc1c(CC(N)=O)nnn1Cc1ccc(O)cc1. The first-order valence-corrected chi connectivity index (χ1v) is 5.51. The van der Waals surface area contributed by atoms with Crippen molar-refractivity contribution in [1.29, 1.82) is 0 Å². The minimum Gasteiger partial charge on any atom is -0.508 e. The number of primary amides is 1. The predicted octanol–water partition coefficient (Wildman–Crippen LogP) is 0.368. The molecule has 1 amide bonds. The molecule has 2 aromatic rings. The van der Waals surface area contributed by atoms with E-state index in [-0.39, 0.29) is 12.2 Å². The molecule has 0 saturated carbocycles. The minimum absolute atomic E-state index is 0.0986.